The zero-order valence-electron chi connectivity index (χ0n) is 27.3. The molecule has 8 heteroatoms. The lowest BCUT2D eigenvalue weighted by Gasteiger charge is -2.10. The van der Waals surface area contributed by atoms with E-state index in [0.29, 0.717) is 0 Å². The van der Waals surface area contributed by atoms with Crippen molar-refractivity contribution in [2.45, 2.75) is 25.7 Å². The lowest BCUT2D eigenvalue weighted by molar-refractivity contribution is 0.293. The number of hydrogen-bond donors (Lipinski definition) is 2. The number of nitrogens with zero attached hydrogens (tertiary/aromatic N) is 4. The molecule has 0 aliphatic heterocycles. The van der Waals surface area contributed by atoms with Crippen LogP contribution in [-0.2, 0) is 0 Å². The van der Waals surface area contributed by atoms with Crippen LogP contribution in [0.5, 0.6) is 11.5 Å². The van der Waals surface area contributed by atoms with E-state index in [0.717, 1.165) is 119 Å². The van der Waals surface area contributed by atoms with Crippen molar-refractivity contribution in [1.82, 2.24) is 29.7 Å². The summed E-state index contributed by atoms with van der Waals surface area (Å²) in [6, 6.07) is 29.0. The van der Waals surface area contributed by atoms with Gasteiger partial charge in [0, 0.05) is 11.1 Å². The third kappa shape index (κ3) is 7.94. The summed E-state index contributed by atoms with van der Waals surface area (Å²) in [5, 5.41) is 0. The van der Waals surface area contributed by atoms with Crippen molar-refractivity contribution in [3.8, 4) is 45.4 Å². The van der Waals surface area contributed by atoms with Gasteiger partial charge in [-0.1, -0.05) is 12.1 Å². The number of hydrogen-bond acceptors (Lipinski definition) is 6. The minimum Gasteiger partial charge on any atom is -0.494 e. The summed E-state index contributed by atoms with van der Waals surface area (Å²) in [4.78, 5) is 21.2. The average molecular weight is 617 g/mol. The van der Waals surface area contributed by atoms with Crippen LogP contribution in [0, 0.1) is 0 Å². The smallest absolute Gasteiger partial charge is 0.138 e. The van der Waals surface area contributed by atoms with Crippen molar-refractivity contribution < 1.29 is 9.47 Å². The SMILES string of the molecule is CN(C)CCCCOc1ccc(-c2nc3cc(-c4ccc5[nH]c(-c6ccc(OCCCCN(C)C)cc6)nc5c4)ccc3[nH]2)cc1. The number of unbranched alkanes of at least 4 members (excludes halogenated alkanes) is 2. The van der Waals surface area contributed by atoms with Crippen LogP contribution in [0.15, 0.2) is 84.9 Å². The average Bonchev–Trinajstić information content (AvgIpc) is 3.68. The lowest BCUT2D eigenvalue weighted by Crippen LogP contribution is -2.13. The van der Waals surface area contributed by atoms with E-state index < -0.39 is 0 Å². The summed E-state index contributed by atoms with van der Waals surface area (Å²) >= 11 is 0. The molecule has 6 aromatic rings. The molecular formula is C38H44N6O2. The highest BCUT2D eigenvalue weighted by Crippen LogP contribution is 2.30. The number of benzene rings is 4. The number of rotatable bonds is 15. The van der Waals surface area contributed by atoms with Gasteiger partial charge in [-0.2, -0.15) is 0 Å². The molecule has 0 radical (unpaired) electrons. The Morgan fingerprint density at radius 3 is 1.28 bits per heavy atom. The fourth-order valence-corrected chi connectivity index (χ4v) is 5.50. The van der Waals surface area contributed by atoms with Crippen LogP contribution in [0.1, 0.15) is 25.7 Å². The number of fused-ring (bicyclic) bond motifs is 2. The van der Waals surface area contributed by atoms with E-state index in [9.17, 15) is 0 Å². The maximum absolute atomic E-state index is 5.93. The Balaban J connectivity index is 1.10. The monoisotopic (exact) mass is 616 g/mol. The number of ether oxygens (including phenoxy) is 2. The molecule has 0 amide bonds. The second kappa shape index (κ2) is 14.6. The van der Waals surface area contributed by atoms with Gasteiger partial charge in [0.2, 0.25) is 0 Å². The zero-order chi connectivity index (χ0) is 31.9. The first-order valence-corrected chi connectivity index (χ1v) is 16.2. The van der Waals surface area contributed by atoms with Crippen molar-refractivity contribution in [3.63, 3.8) is 0 Å². The van der Waals surface area contributed by atoms with E-state index in [1.807, 2.05) is 24.3 Å². The maximum atomic E-state index is 5.93. The van der Waals surface area contributed by atoms with Gasteiger partial charge in [0.15, 0.2) is 0 Å². The second-order valence-corrected chi connectivity index (χ2v) is 12.4. The highest BCUT2D eigenvalue weighted by atomic mass is 16.5. The van der Waals surface area contributed by atoms with Crippen LogP contribution in [0.25, 0.3) is 56.0 Å². The molecule has 0 atom stereocenters. The largest absolute Gasteiger partial charge is 0.494 e. The van der Waals surface area contributed by atoms with Crippen LogP contribution in [0.4, 0.5) is 0 Å². The molecule has 0 spiro atoms. The van der Waals surface area contributed by atoms with Crippen LogP contribution in [-0.4, -0.2) is 84.2 Å². The van der Waals surface area contributed by atoms with Gasteiger partial charge in [-0.15, -0.1) is 0 Å². The number of nitrogens with one attached hydrogen (secondary N) is 2. The van der Waals surface area contributed by atoms with Crippen LogP contribution < -0.4 is 9.47 Å². The third-order valence-corrected chi connectivity index (χ3v) is 8.09. The van der Waals surface area contributed by atoms with Gasteiger partial charge in [-0.3, -0.25) is 0 Å². The van der Waals surface area contributed by atoms with Crippen molar-refractivity contribution in [1.29, 1.82) is 0 Å². The van der Waals surface area contributed by atoms with Crippen molar-refractivity contribution in [2.24, 2.45) is 0 Å². The topological polar surface area (TPSA) is 82.3 Å². The molecule has 0 unspecified atom stereocenters. The predicted molar refractivity (Wildman–Crippen MR) is 189 cm³/mol. The molecule has 0 fully saturated rings. The highest BCUT2D eigenvalue weighted by Gasteiger charge is 2.11. The lowest BCUT2D eigenvalue weighted by atomic mass is 10.0. The van der Waals surface area contributed by atoms with Crippen LogP contribution in [0.2, 0.25) is 0 Å². The van der Waals surface area contributed by atoms with E-state index in [1.165, 1.54) is 0 Å². The van der Waals surface area contributed by atoms with Gasteiger partial charge in [-0.25, -0.2) is 9.97 Å². The first-order valence-electron chi connectivity index (χ1n) is 16.2. The Morgan fingerprint density at radius 1 is 0.500 bits per heavy atom. The number of aromatic nitrogens is 4. The summed E-state index contributed by atoms with van der Waals surface area (Å²) < 4.78 is 11.9. The highest BCUT2D eigenvalue weighted by molar-refractivity contribution is 5.88. The molecule has 0 saturated heterocycles. The fourth-order valence-electron chi connectivity index (χ4n) is 5.50. The predicted octanol–water partition coefficient (Wildman–Crippen LogP) is 7.88. The molecule has 4 aromatic carbocycles. The number of aromatic amines is 2. The summed E-state index contributed by atoms with van der Waals surface area (Å²) in [6.07, 6.45) is 4.35. The van der Waals surface area contributed by atoms with E-state index in [4.69, 9.17) is 19.4 Å². The fraction of sp³-hybridized carbons (Fsp3) is 0.316. The molecular weight excluding hydrogens is 572 g/mol. The van der Waals surface area contributed by atoms with E-state index in [2.05, 4.69) is 109 Å². The Bertz CT molecular complexity index is 1720. The Kier molecular flexibility index (Phi) is 9.96. The van der Waals surface area contributed by atoms with E-state index in [1.54, 1.807) is 0 Å². The summed E-state index contributed by atoms with van der Waals surface area (Å²) in [5.41, 5.74) is 8.12. The standard InChI is InChI=1S/C38H44N6O2/c1-43(2)21-5-7-23-45-31-15-9-27(10-16-31)37-39-33-19-13-29(25-35(33)41-37)30-14-20-34-36(26-30)42-38(40-34)28-11-17-32(18-12-28)46-24-8-6-22-44(3)4/h9-20,25-26H,5-8,21-24H2,1-4H3,(H,39,41)(H,40,42). The van der Waals surface area contributed by atoms with Gasteiger partial charge in [-0.05, 0) is 151 Å². The number of imidazole rings is 2. The maximum Gasteiger partial charge on any atom is 0.138 e. The second-order valence-electron chi connectivity index (χ2n) is 12.4. The molecule has 46 heavy (non-hydrogen) atoms. The molecule has 0 saturated carbocycles. The quantitative estimate of drug-likeness (QED) is 0.114. The van der Waals surface area contributed by atoms with Gasteiger partial charge in [0.25, 0.3) is 0 Å². The van der Waals surface area contributed by atoms with Crippen molar-refractivity contribution in [3.05, 3.63) is 84.9 Å². The molecule has 8 nitrogen and oxygen atoms in total. The molecule has 2 heterocycles. The normalized spacial score (nSPS) is 11.7. The minimum absolute atomic E-state index is 0.729. The molecule has 2 N–H and O–H groups in total. The van der Waals surface area contributed by atoms with Gasteiger partial charge >= 0.3 is 0 Å². The molecule has 238 valence electrons. The molecule has 2 aromatic heterocycles. The van der Waals surface area contributed by atoms with E-state index >= 15 is 0 Å². The Morgan fingerprint density at radius 2 is 0.891 bits per heavy atom. The third-order valence-electron chi connectivity index (χ3n) is 8.09. The number of H-pyrrole nitrogens is 2. The Labute approximate surface area is 271 Å². The summed E-state index contributed by atoms with van der Waals surface area (Å²) in [5.74, 6) is 3.46. The first-order chi connectivity index (χ1) is 22.4. The van der Waals surface area contributed by atoms with Crippen molar-refractivity contribution >= 4 is 22.1 Å². The summed E-state index contributed by atoms with van der Waals surface area (Å²) in [7, 11) is 8.39. The van der Waals surface area contributed by atoms with Crippen molar-refractivity contribution in [2.75, 3.05) is 54.5 Å². The molecule has 6 rings (SSSR count). The first kappa shape index (κ1) is 31.3. The minimum atomic E-state index is 0.729. The molecule has 0 bridgehead atoms. The van der Waals surface area contributed by atoms with Gasteiger partial charge < -0.3 is 29.2 Å². The molecule has 0 aliphatic carbocycles. The summed E-state index contributed by atoms with van der Waals surface area (Å²) in [6.45, 7) is 3.62. The van der Waals surface area contributed by atoms with Gasteiger partial charge in [0.1, 0.15) is 23.1 Å². The van der Waals surface area contributed by atoms with Gasteiger partial charge in [0.05, 0.1) is 35.3 Å². The van der Waals surface area contributed by atoms with Crippen LogP contribution >= 0.6 is 0 Å². The Hall–Kier alpha value is -4.66. The zero-order valence-corrected chi connectivity index (χ0v) is 27.3. The van der Waals surface area contributed by atoms with E-state index in [-0.39, 0.29) is 0 Å². The molecule has 0 aliphatic rings. The van der Waals surface area contributed by atoms with Crippen LogP contribution in [0.3, 0.4) is 0 Å².